The molecule has 1 aromatic heterocycles. The van der Waals surface area contributed by atoms with Crippen LogP contribution in [0, 0.1) is 0 Å². The van der Waals surface area contributed by atoms with Gasteiger partial charge in [-0.15, -0.1) is 0 Å². The molecular formula is C22H23N3O5. The SMILES string of the molecule is CCn1nc(C(=O)OCC(=O)NCCc2ccc(OC)cc2)c2ccccc2c1=O. The minimum atomic E-state index is -0.751. The molecule has 0 saturated carbocycles. The molecule has 0 bridgehead atoms. The second-order valence-electron chi connectivity index (χ2n) is 6.54. The van der Waals surface area contributed by atoms with E-state index in [1.54, 1.807) is 38.3 Å². The first kappa shape index (κ1) is 21.0. The summed E-state index contributed by atoms with van der Waals surface area (Å²) < 4.78 is 11.4. The molecule has 8 nitrogen and oxygen atoms in total. The standard InChI is InChI=1S/C22H23N3O5/c1-3-25-21(27)18-7-5-4-6-17(18)20(24-25)22(28)30-14-19(26)23-13-12-15-8-10-16(29-2)11-9-15/h4-11H,3,12-14H2,1-2H3,(H,23,26). The lowest BCUT2D eigenvalue weighted by Crippen LogP contribution is -2.31. The van der Waals surface area contributed by atoms with Crippen molar-refractivity contribution in [2.75, 3.05) is 20.3 Å². The Morgan fingerprint density at radius 1 is 1.07 bits per heavy atom. The first-order valence-electron chi connectivity index (χ1n) is 9.60. The van der Waals surface area contributed by atoms with E-state index in [1.165, 1.54) is 4.68 Å². The third-order valence-electron chi connectivity index (χ3n) is 4.59. The smallest absolute Gasteiger partial charge is 0.359 e. The van der Waals surface area contributed by atoms with Crippen LogP contribution in [-0.2, 0) is 22.5 Å². The number of methoxy groups -OCH3 is 1. The summed E-state index contributed by atoms with van der Waals surface area (Å²) in [6.45, 7) is 2.05. The molecule has 0 spiro atoms. The predicted molar refractivity (Wildman–Crippen MR) is 112 cm³/mol. The number of aromatic nitrogens is 2. The Hall–Kier alpha value is -3.68. The summed E-state index contributed by atoms with van der Waals surface area (Å²) in [6, 6.07) is 14.2. The zero-order valence-electron chi connectivity index (χ0n) is 16.9. The van der Waals surface area contributed by atoms with Gasteiger partial charge in [0.15, 0.2) is 12.3 Å². The Kier molecular flexibility index (Phi) is 6.79. The molecule has 0 saturated heterocycles. The van der Waals surface area contributed by atoms with E-state index in [2.05, 4.69) is 10.4 Å². The normalized spacial score (nSPS) is 10.6. The van der Waals surface area contributed by atoms with Crippen molar-refractivity contribution in [3.63, 3.8) is 0 Å². The molecule has 2 aromatic carbocycles. The number of carbonyl (C=O) groups excluding carboxylic acids is 2. The largest absolute Gasteiger partial charge is 0.497 e. The van der Waals surface area contributed by atoms with Gasteiger partial charge in [0, 0.05) is 18.5 Å². The zero-order valence-corrected chi connectivity index (χ0v) is 16.9. The molecule has 3 aromatic rings. The van der Waals surface area contributed by atoms with Crippen LogP contribution in [0.2, 0.25) is 0 Å². The van der Waals surface area contributed by atoms with E-state index in [0.717, 1.165) is 11.3 Å². The number of hydrogen-bond acceptors (Lipinski definition) is 6. The Morgan fingerprint density at radius 3 is 2.43 bits per heavy atom. The van der Waals surface area contributed by atoms with Gasteiger partial charge in [-0.25, -0.2) is 9.48 Å². The number of nitrogens with one attached hydrogen (secondary N) is 1. The molecule has 0 aliphatic carbocycles. The van der Waals surface area contributed by atoms with Gasteiger partial charge in [0.25, 0.3) is 11.5 Å². The highest BCUT2D eigenvalue weighted by atomic mass is 16.5. The molecule has 3 rings (SSSR count). The summed E-state index contributed by atoms with van der Waals surface area (Å²) >= 11 is 0. The van der Waals surface area contributed by atoms with Crippen LogP contribution in [-0.4, -0.2) is 41.9 Å². The number of esters is 1. The van der Waals surface area contributed by atoms with Gasteiger partial charge in [0.1, 0.15) is 5.75 Å². The fourth-order valence-electron chi connectivity index (χ4n) is 2.99. The maximum absolute atomic E-state index is 12.5. The monoisotopic (exact) mass is 409 g/mol. The first-order valence-corrected chi connectivity index (χ1v) is 9.60. The minimum Gasteiger partial charge on any atom is -0.497 e. The Morgan fingerprint density at radius 2 is 1.77 bits per heavy atom. The molecule has 0 aliphatic rings. The first-order chi connectivity index (χ1) is 14.5. The number of aryl methyl sites for hydroxylation is 1. The second kappa shape index (κ2) is 9.69. The Bertz CT molecular complexity index is 1110. The number of amides is 1. The Labute approximate surface area is 173 Å². The van der Waals surface area contributed by atoms with Crippen LogP contribution in [0.4, 0.5) is 0 Å². The van der Waals surface area contributed by atoms with Gasteiger partial charge in [-0.05, 0) is 37.1 Å². The molecule has 30 heavy (non-hydrogen) atoms. The number of rotatable bonds is 8. The van der Waals surface area contributed by atoms with Crippen LogP contribution in [0.15, 0.2) is 53.3 Å². The third kappa shape index (κ3) is 4.83. The minimum absolute atomic E-state index is 0.0121. The van der Waals surface area contributed by atoms with Crippen LogP contribution in [0.1, 0.15) is 23.0 Å². The molecule has 156 valence electrons. The van der Waals surface area contributed by atoms with Crippen LogP contribution >= 0.6 is 0 Å². The number of ether oxygens (including phenoxy) is 2. The average molecular weight is 409 g/mol. The second-order valence-corrected chi connectivity index (χ2v) is 6.54. The summed E-state index contributed by atoms with van der Waals surface area (Å²) in [4.78, 5) is 36.9. The van der Waals surface area contributed by atoms with E-state index < -0.39 is 18.5 Å². The van der Waals surface area contributed by atoms with Crippen LogP contribution in [0.3, 0.4) is 0 Å². The fourth-order valence-corrected chi connectivity index (χ4v) is 2.99. The van der Waals surface area contributed by atoms with Crippen molar-refractivity contribution in [1.82, 2.24) is 15.1 Å². The predicted octanol–water partition coefficient (Wildman–Crippen LogP) is 1.94. The lowest BCUT2D eigenvalue weighted by atomic mass is 10.1. The van der Waals surface area contributed by atoms with Crippen molar-refractivity contribution in [2.24, 2.45) is 0 Å². The average Bonchev–Trinajstić information content (AvgIpc) is 2.78. The van der Waals surface area contributed by atoms with Crippen molar-refractivity contribution in [2.45, 2.75) is 19.9 Å². The molecule has 1 heterocycles. The molecule has 0 unspecified atom stereocenters. The van der Waals surface area contributed by atoms with Gasteiger partial charge in [-0.1, -0.05) is 30.3 Å². The number of nitrogens with zero attached hydrogens (tertiary/aromatic N) is 2. The van der Waals surface area contributed by atoms with E-state index in [4.69, 9.17) is 9.47 Å². The van der Waals surface area contributed by atoms with E-state index in [0.29, 0.717) is 30.3 Å². The molecule has 1 amide bonds. The van der Waals surface area contributed by atoms with Crippen molar-refractivity contribution in [1.29, 1.82) is 0 Å². The summed E-state index contributed by atoms with van der Waals surface area (Å²) in [5, 5.41) is 7.59. The zero-order chi connectivity index (χ0) is 21.5. The number of carbonyl (C=O) groups is 2. The summed E-state index contributed by atoms with van der Waals surface area (Å²) in [5.41, 5.74) is 0.782. The Balaban J connectivity index is 1.58. The van der Waals surface area contributed by atoms with Gasteiger partial charge in [0.05, 0.1) is 12.5 Å². The maximum atomic E-state index is 12.5. The lowest BCUT2D eigenvalue weighted by Gasteiger charge is -2.10. The van der Waals surface area contributed by atoms with Crippen LogP contribution in [0.25, 0.3) is 10.8 Å². The van der Waals surface area contributed by atoms with Crippen molar-refractivity contribution in [3.05, 3.63) is 70.1 Å². The van der Waals surface area contributed by atoms with Gasteiger partial charge < -0.3 is 14.8 Å². The topological polar surface area (TPSA) is 99.5 Å². The van der Waals surface area contributed by atoms with Crippen LogP contribution < -0.4 is 15.6 Å². The summed E-state index contributed by atoms with van der Waals surface area (Å²) in [7, 11) is 1.60. The highest BCUT2D eigenvalue weighted by Gasteiger charge is 2.18. The number of hydrogen-bond donors (Lipinski definition) is 1. The van der Waals surface area contributed by atoms with Gasteiger partial charge in [-0.2, -0.15) is 5.10 Å². The van der Waals surface area contributed by atoms with Crippen molar-refractivity contribution < 1.29 is 19.1 Å². The van der Waals surface area contributed by atoms with Crippen molar-refractivity contribution in [3.8, 4) is 5.75 Å². The summed E-state index contributed by atoms with van der Waals surface area (Å²) in [5.74, 6) is -0.395. The molecule has 0 atom stereocenters. The summed E-state index contributed by atoms with van der Waals surface area (Å²) in [6.07, 6.45) is 0.636. The molecule has 0 radical (unpaired) electrons. The van der Waals surface area contributed by atoms with E-state index in [9.17, 15) is 14.4 Å². The number of fused-ring (bicyclic) bond motifs is 1. The van der Waals surface area contributed by atoms with E-state index >= 15 is 0 Å². The lowest BCUT2D eigenvalue weighted by molar-refractivity contribution is -0.124. The van der Waals surface area contributed by atoms with Gasteiger partial charge in [-0.3, -0.25) is 9.59 Å². The van der Waals surface area contributed by atoms with E-state index in [1.807, 2.05) is 24.3 Å². The molecule has 0 aliphatic heterocycles. The van der Waals surface area contributed by atoms with Crippen LogP contribution in [0.5, 0.6) is 5.75 Å². The van der Waals surface area contributed by atoms with Crippen molar-refractivity contribution >= 4 is 22.6 Å². The maximum Gasteiger partial charge on any atom is 0.359 e. The highest BCUT2D eigenvalue weighted by molar-refractivity contribution is 6.02. The quantitative estimate of drug-likeness (QED) is 0.571. The third-order valence-corrected chi connectivity index (χ3v) is 4.59. The molecular weight excluding hydrogens is 386 g/mol. The van der Waals surface area contributed by atoms with Gasteiger partial charge >= 0.3 is 5.97 Å². The molecule has 1 N–H and O–H groups in total. The highest BCUT2D eigenvalue weighted by Crippen LogP contribution is 2.14. The molecule has 8 heteroatoms. The van der Waals surface area contributed by atoms with E-state index in [-0.39, 0.29) is 11.3 Å². The fraction of sp³-hybridized carbons (Fsp3) is 0.273. The molecule has 0 fully saturated rings. The van der Waals surface area contributed by atoms with Gasteiger partial charge in [0.2, 0.25) is 0 Å². The number of benzene rings is 2.